The van der Waals surface area contributed by atoms with Crippen LogP contribution in [0.3, 0.4) is 0 Å². The third kappa shape index (κ3) is 3.12. The fourth-order valence-electron chi connectivity index (χ4n) is 3.38. The molecule has 1 fully saturated rings. The van der Waals surface area contributed by atoms with Crippen molar-refractivity contribution in [3.05, 3.63) is 52.4 Å². The van der Waals surface area contributed by atoms with Crippen LogP contribution in [0.15, 0.2) is 29.6 Å². The molecule has 6 heteroatoms. The molecule has 0 N–H and O–H groups in total. The summed E-state index contributed by atoms with van der Waals surface area (Å²) in [4.78, 5) is 12.6. The largest absolute Gasteiger partial charge is 0.367 e. The molecule has 1 aromatic carbocycles. The lowest BCUT2D eigenvalue weighted by atomic mass is 10.1. The highest BCUT2D eigenvalue weighted by atomic mass is 32.1. The minimum Gasteiger partial charge on any atom is -0.367 e. The average molecular weight is 357 g/mol. The number of rotatable bonds is 2. The summed E-state index contributed by atoms with van der Waals surface area (Å²) in [5, 5.41) is 3.26. The van der Waals surface area contributed by atoms with E-state index in [9.17, 15) is 4.39 Å². The highest BCUT2D eigenvalue weighted by Gasteiger charge is 2.29. The van der Waals surface area contributed by atoms with Crippen LogP contribution in [0, 0.1) is 19.7 Å². The zero-order valence-corrected chi connectivity index (χ0v) is 15.3. The number of hydrogen-bond donors (Lipinski definition) is 0. The van der Waals surface area contributed by atoms with E-state index in [0.29, 0.717) is 6.54 Å². The SMILES string of the molecule is Cc1nc(N2CC(C)OC(c3ccc(F)cc3)C2)c2c(C)csc2n1. The number of thiophene rings is 1. The third-order valence-electron chi connectivity index (χ3n) is 4.51. The van der Waals surface area contributed by atoms with Crippen LogP contribution in [0.25, 0.3) is 10.2 Å². The van der Waals surface area contributed by atoms with Crippen LogP contribution in [-0.2, 0) is 4.74 Å². The first-order valence-electron chi connectivity index (χ1n) is 8.39. The number of benzene rings is 1. The van der Waals surface area contributed by atoms with Gasteiger partial charge in [-0.05, 0) is 49.4 Å². The summed E-state index contributed by atoms with van der Waals surface area (Å²) < 4.78 is 19.3. The second-order valence-electron chi connectivity index (χ2n) is 6.59. The van der Waals surface area contributed by atoms with Gasteiger partial charge < -0.3 is 9.64 Å². The van der Waals surface area contributed by atoms with Gasteiger partial charge in [-0.3, -0.25) is 0 Å². The van der Waals surface area contributed by atoms with Crippen molar-refractivity contribution in [2.75, 3.05) is 18.0 Å². The van der Waals surface area contributed by atoms with Gasteiger partial charge in [0.25, 0.3) is 0 Å². The van der Waals surface area contributed by atoms with Crippen molar-refractivity contribution in [1.29, 1.82) is 0 Å². The number of anilines is 1. The fraction of sp³-hybridized carbons (Fsp3) is 0.368. The first-order valence-corrected chi connectivity index (χ1v) is 9.27. The summed E-state index contributed by atoms with van der Waals surface area (Å²) >= 11 is 1.66. The molecular formula is C19H20FN3OS. The first-order chi connectivity index (χ1) is 12.0. The maximum absolute atomic E-state index is 13.2. The number of aryl methyl sites for hydroxylation is 2. The minimum atomic E-state index is -0.230. The summed E-state index contributed by atoms with van der Waals surface area (Å²) in [6.07, 6.45) is -0.0401. The number of halogens is 1. The van der Waals surface area contributed by atoms with Crippen molar-refractivity contribution >= 4 is 27.4 Å². The van der Waals surface area contributed by atoms with Crippen molar-refractivity contribution in [3.63, 3.8) is 0 Å². The van der Waals surface area contributed by atoms with E-state index < -0.39 is 0 Å². The molecule has 25 heavy (non-hydrogen) atoms. The van der Waals surface area contributed by atoms with E-state index in [1.54, 1.807) is 23.5 Å². The van der Waals surface area contributed by atoms with Gasteiger partial charge in [-0.2, -0.15) is 0 Å². The topological polar surface area (TPSA) is 38.2 Å². The Balaban J connectivity index is 1.73. The van der Waals surface area contributed by atoms with Crippen molar-refractivity contribution in [2.24, 2.45) is 0 Å². The second kappa shape index (κ2) is 6.35. The summed E-state index contributed by atoms with van der Waals surface area (Å²) in [5.41, 5.74) is 2.19. The van der Waals surface area contributed by atoms with E-state index in [4.69, 9.17) is 9.72 Å². The number of aromatic nitrogens is 2. The fourth-order valence-corrected chi connectivity index (χ4v) is 4.34. The summed E-state index contributed by atoms with van der Waals surface area (Å²) in [6, 6.07) is 6.57. The Labute approximate surface area is 150 Å². The highest BCUT2D eigenvalue weighted by molar-refractivity contribution is 7.17. The van der Waals surface area contributed by atoms with Gasteiger partial charge in [0.15, 0.2) is 0 Å². The standard InChI is InChI=1S/C19H20FN3OS/c1-11-10-25-19-17(11)18(21-13(3)22-19)23-8-12(2)24-16(9-23)14-4-6-15(20)7-5-14/h4-7,10,12,16H,8-9H2,1-3H3. The summed E-state index contributed by atoms with van der Waals surface area (Å²) in [5.74, 6) is 1.52. The zero-order valence-electron chi connectivity index (χ0n) is 14.5. The molecule has 2 atom stereocenters. The van der Waals surface area contributed by atoms with Gasteiger partial charge in [-0.15, -0.1) is 11.3 Å². The molecule has 1 saturated heterocycles. The van der Waals surface area contributed by atoms with Crippen LogP contribution in [0.1, 0.15) is 30.0 Å². The van der Waals surface area contributed by atoms with Crippen LogP contribution >= 0.6 is 11.3 Å². The van der Waals surface area contributed by atoms with Gasteiger partial charge in [-0.25, -0.2) is 14.4 Å². The Morgan fingerprint density at radius 2 is 1.92 bits per heavy atom. The van der Waals surface area contributed by atoms with Crippen LogP contribution in [-0.4, -0.2) is 29.2 Å². The minimum absolute atomic E-state index is 0.0630. The maximum Gasteiger partial charge on any atom is 0.141 e. The lowest BCUT2D eigenvalue weighted by Gasteiger charge is -2.38. The summed E-state index contributed by atoms with van der Waals surface area (Å²) in [7, 11) is 0. The Morgan fingerprint density at radius 1 is 1.16 bits per heavy atom. The first kappa shape index (κ1) is 16.4. The Kier molecular flexibility index (Phi) is 4.17. The molecule has 0 amide bonds. The average Bonchev–Trinajstić information content (AvgIpc) is 2.95. The number of hydrogen-bond acceptors (Lipinski definition) is 5. The van der Waals surface area contributed by atoms with Crippen molar-refractivity contribution in [1.82, 2.24) is 9.97 Å². The van der Waals surface area contributed by atoms with Gasteiger partial charge in [0.2, 0.25) is 0 Å². The van der Waals surface area contributed by atoms with Crippen molar-refractivity contribution in [3.8, 4) is 0 Å². The molecule has 4 nitrogen and oxygen atoms in total. The predicted octanol–water partition coefficient (Wildman–Crippen LogP) is 4.41. The lowest BCUT2D eigenvalue weighted by molar-refractivity contribution is -0.0175. The zero-order chi connectivity index (χ0) is 17.6. The maximum atomic E-state index is 13.2. The van der Waals surface area contributed by atoms with Gasteiger partial charge in [0, 0.05) is 13.1 Å². The third-order valence-corrected chi connectivity index (χ3v) is 5.50. The molecule has 4 rings (SSSR count). The van der Waals surface area contributed by atoms with Gasteiger partial charge in [0.05, 0.1) is 11.5 Å². The number of fused-ring (bicyclic) bond motifs is 1. The monoisotopic (exact) mass is 357 g/mol. The van der Waals surface area contributed by atoms with Gasteiger partial charge in [0.1, 0.15) is 28.4 Å². The predicted molar refractivity (Wildman–Crippen MR) is 98.8 cm³/mol. The van der Waals surface area contributed by atoms with E-state index in [1.807, 2.05) is 6.92 Å². The Bertz CT molecular complexity index is 909. The number of nitrogens with zero attached hydrogens (tertiary/aromatic N) is 3. The highest BCUT2D eigenvalue weighted by Crippen LogP contribution is 2.35. The Hall–Kier alpha value is -2.05. The molecule has 2 aromatic heterocycles. The quantitative estimate of drug-likeness (QED) is 0.681. The number of ether oxygens (including phenoxy) is 1. The van der Waals surface area contributed by atoms with Crippen molar-refractivity contribution in [2.45, 2.75) is 33.0 Å². The summed E-state index contributed by atoms with van der Waals surface area (Å²) in [6.45, 7) is 7.56. The second-order valence-corrected chi connectivity index (χ2v) is 7.44. The smallest absolute Gasteiger partial charge is 0.141 e. The van der Waals surface area contributed by atoms with Crippen LogP contribution < -0.4 is 4.90 Å². The molecule has 0 bridgehead atoms. The molecule has 2 unspecified atom stereocenters. The van der Waals surface area contributed by atoms with Gasteiger partial charge in [-0.1, -0.05) is 12.1 Å². The molecule has 0 saturated carbocycles. The normalized spacial score (nSPS) is 21.0. The van der Waals surface area contributed by atoms with E-state index in [2.05, 4.69) is 29.1 Å². The Morgan fingerprint density at radius 3 is 2.68 bits per heavy atom. The van der Waals surface area contributed by atoms with E-state index in [0.717, 1.165) is 34.0 Å². The van der Waals surface area contributed by atoms with Crippen LogP contribution in [0.2, 0.25) is 0 Å². The van der Waals surface area contributed by atoms with Crippen molar-refractivity contribution < 1.29 is 9.13 Å². The molecule has 0 aliphatic carbocycles. The molecule has 3 aromatic rings. The molecule has 130 valence electrons. The lowest BCUT2D eigenvalue weighted by Crippen LogP contribution is -2.43. The molecular weight excluding hydrogens is 337 g/mol. The van der Waals surface area contributed by atoms with E-state index >= 15 is 0 Å². The number of morpholine rings is 1. The molecule has 0 radical (unpaired) electrons. The van der Waals surface area contributed by atoms with E-state index in [1.165, 1.54) is 17.7 Å². The molecule has 1 aliphatic heterocycles. The van der Waals surface area contributed by atoms with Crippen LogP contribution in [0.5, 0.6) is 0 Å². The van der Waals surface area contributed by atoms with E-state index in [-0.39, 0.29) is 18.0 Å². The van der Waals surface area contributed by atoms with Gasteiger partial charge >= 0.3 is 0 Å². The molecule has 0 spiro atoms. The van der Waals surface area contributed by atoms with Crippen LogP contribution in [0.4, 0.5) is 10.2 Å². The molecule has 1 aliphatic rings. The molecule has 3 heterocycles.